The van der Waals surface area contributed by atoms with E-state index >= 15 is 0 Å². The van der Waals surface area contributed by atoms with Crippen molar-refractivity contribution < 1.29 is 19.2 Å². The topological polar surface area (TPSA) is 89.8 Å². The lowest BCUT2D eigenvalue weighted by Gasteiger charge is -2.46. The van der Waals surface area contributed by atoms with Crippen LogP contribution in [0.3, 0.4) is 0 Å². The predicted molar refractivity (Wildman–Crippen MR) is 126 cm³/mol. The highest BCUT2D eigenvalue weighted by molar-refractivity contribution is 6.00. The molecule has 172 valence electrons. The Balaban J connectivity index is 1.28. The van der Waals surface area contributed by atoms with E-state index in [9.17, 15) is 19.7 Å². The van der Waals surface area contributed by atoms with Gasteiger partial charge in [0, 0.05) is 48.3 Å². The molecule has 0 bridgehead atoms. The monoisotopic (exact) mass is 456 g/mol. The van der Waals surface area contributed by atoms with Crippen LogP contribution in [0.15, 0.2) is 60.7 Å². The third kappa shape index (κ3) is 3.26. The zero-order chi connectivity index (χ0) is 23.4. The van der Waals surface area contributed by atoms with Gasteiger partial charge in [0.05, 0.1) is 10.5 Å². The zero-order valence-corrected chi connectivity index (χ0v) is 18.6. The van der Waals surface area contributed by atoms with Crippen LogP contribution in [0.2, 0.25) is 0 Å². The van der Waals surface area contributed by atoms with Crippen LogP contribution in [-0.2, 0) is 4.74 Å². The number of anilines is 1. The summed E-state index contributed by atoms with van der Waals surface area (Å²) in [7, 11) is 0. The first-order valence-electron chi connectivity index (χ1n) is 11.7. The van der Waals surface area contributed by atoms with E-state index < -0.39 is 23.3 Å². The molecule has 4 aliphatic rings. The third-order valence-electron chi connectivity index (χ3n) is 7.70. The van der Waals surface area contributed by atoms with Gasteiger partial charge in [-0.1, -0.05) is 30.4 Å². The summed E-state index contributed by atoms with van der Waals surface area (Å²) in [5.41, 5.74) is 4.21. The second kappa shape index (κ2) is 7.94. The van der Waals surface area contributed by atoms with Crippen molar-refractivity contribution in [3.8, 4) is 0 Å². The van der Waals surface area contributed by atoms with Crippen LogP contribution in [0, 0.1) is 22.0 Å². The van der Waals surface area contributed by atoms with E-state index in [1.54, 1.807) is 0 Å². The molecule has 6 rings (SSSR count). The normalized spacial score (nSPS) is 25.5. The highest BCUT2D eigenvalue weighted by Crippen LogP contribution is 2.53. The number of rotatable bonds is 5. The molecule has 0 amide bonds. The number of ketones is 1. The molecule has 2 aromatic rings. The summed E-state index contributed by atoms with van der Waals surface area (Å²) < 4.78 is 5.47. The second-order valence-corrected chi connectivity index (χ2v) is 9.57. The van der Waals surface area contributed by atoms with Gasteiger partial charge in [0.25, 0.3) is 5.69 Å². The standard InChI is InChI=1S/C27H24N2O5/c30-24(16-7-9-19(10-8-16)29(32)33)15-34-27(31)23-12-11-22-20-5-1-3-17(20)13-28-14-18-4-2-6-21(18)25(23)26(22)28/h1-2,5-12,17-18,20-21H,3-4,13-15H2/t17-,18+,20+,21-/m0/s1. The average Bonchev–Trinajstić information content (AvgIpc) is 3.52. The number of hydrogen-bond acceptors (Lipinski definition) is 6. The average molecular weight is 456 g/mol. The molecule has 0 aromatic heterocycles. The van der Waals surface area contributed by atoms with E-state index in [2.05, 4.69) is 35.3 Å². The fraction of sp³-hybridized carbons (Fsp3) is 0.333. The van der Waals surface area contributed by atoms with Crippen LogP contribution in [0.1, 0.15) is 56.5 Å². The summed E-state index contributed by atoms with van der Waals surface area (Å²) in [5.74, 6) is 0.708. The van der Waals surface area contributed by atoms with Crippen molar-refractivity contribution in [2.75, 3.05) is 24.6 Å². The van der Waals surface area contributed by atoms with Gasteiger partial charge in [0.2, 0.25) is 0 Å². The summed E-state index contributed by atoms with van der Waals surface area (Å²) in [6, 6.07) is 9.24. The minimum Gasteiger partial charge on any atom is -0.454 e. The lowest BCUT2D eigenvalue weighted by Crippen LogP contribution is -2.44. The fourth-order valence-corrected chi connectivity index (χ4v) is 6.12. The lowest BCUT2D eigenvalue weighted by molar-refractivity contribution is -0.384. The molecule has 0 radical (unpaired) electrons. The van der Waals surface area contributed by atoms with Crippen LogP contribution in [0.4, 0.5) is 11.4 Å². The molecule has 4 atom stereocenters. The van der Waals surface area contributed by atoms with Gasteiger partial charge in [-0.3, -0.25) is 14.9 Å². The Morgan fingerprint density at radius 1 is 0.971 bits per heavy atom. The van der Waals surface area contributed by atoms with Crippen LogP contribution in [0.25, 0.3) is 0 Å². The molecule has 2 aliphatic heterocycles. The Hall–Kier alpha value is -3.74. The smallest absolute Gasteiger partial charge is 0.338 e. The number of carbonyl (C=O) groups excluding carboxylic acids is 2. The summed E-state index contributed by atoms with van der Waals surface area (Å²) in [5, 5.41) is 10.8. The van der Waals surface area contributed by atoms with Crippen molar-refractivity contribution in [2.24, 2.45) is 11.8 Å². The number of ether oxygens (including phenoxy) is 1. The Morgan fingerprint density at radius 3 is 2.35 bits per heavy atom. The van der Waals surface area contributed by atoms with E-state index in [1.807, 2.05) is 6.07 Å². The number of Topliss-reactive ketones (excluding diaryl/α,β-unsaturated/α-hetero) is 1. The van der Waals surface area contributed by atoms with Crippen LogP contribution >= 0.6 is 0 Å². The molecule has 0 saturated heterocycles. The summed E-state index contributed by atoms with van der Waals surface area (Å²) in [6.07, 6.45) is 11.1. The number of carbonyl (C=O) groups is 2. The Bertz CT molecular complexity index is 1260. The first-order valence-corrected chi connectivity index (χ1v) is 11.7. The summed E-state index contributed by atoms with van der Waals surface area (Å²) in [6.45, 7) is 1.59. The first-order chi connectivity index (χ1) is 16.5. The molecule has 2 aromatic carbocycles. The highest BCUT2D eigenvalue weighted by atomic mass is 16.6. The summed E-state index contributed by atoms with van der Waals surface area (Å²) >= 11 is 0. The van der Waals surface area contributed by atoms with E-state index in [1.165, 1.54) is 35.5 Å². The maximum absolute atomic E-state index is 13.2. The van der Waals surface area contributed by atoms with Gasteiger partial charge in [0.1, 0.15) is 0 Å². The lowest BCUT2D eigenvalue weighted by atomic mass is 9.73. The Labute approximate surface area is 196 Å². The van der Waals surface area contributed by atoms with E-state index in [0.717, 1.165) is 31.5 Å². The Morgan fingerprint density at radius 2 is 1.65 bits per heavy atom. The van der Waals surface area contributed by atoms with Gasteiger partial charge in [-0.25, -0.2) is 4.79 Å². The number of hydrogen-bond donors (Lipinski definition) is 0. The maximum atomic E-state index is 13.2. The van der Waals surface area contributed by atoms with Crippen LogP contribution < -0.4 is 4.90 Å². The maximum Gasteiger partial charge on any atom is 0.338 e. The number of nitro benzene ring substituents is 1. The molecule has 7 heteroatoms. The van der Waals surface area contributed by atoms with Crippen molar-refractivity contribution in [1.29, 1.82) is 0 Å². The van der Waals surface area contributed by atoms with Gasteiger partial charge in [-0.15, -0.1) is 0 Å². The summed E-state index contributed by atoms with van der Waals surface area (Å²) in [4.78, 5) is 38.5. The number of benzene rings is 2. The zero-order valence-electron chi connectivity index (χ0n) is 18.6. The van der Waals surface area contributed by atoms with Crippen LogP contribution in [0.5, 0.6) is 0 Å². The molecular formula is C27H24N2O5. The molecule has 0 fully saturated rings. The molecular weight excluding hydrogens is 432 g/mol. The van der Waals surface area contributed by atoms with Gasteiger partial charge >= 0.3 is 5.97 Å². The molecule has 2 aliphatic carbocycles. The number of non-ortho nitro benzene ring substituents is 1. The van der Waals surface area contributed by atoms with Crippen molar-refractivity contribution >= 4 is 23.1 Å². The van der Waals surface area contributed by atoms with E-state index in [0.29, 0.717) is 23.3 Å². The van der Waals surface area contributed by atoms with Crippen molar-refractivity contribution in [2.45, 2.75) is 24.7 Å². The second-order valence-electron chi connectivity index (χ2n) is 9.57. The minimum atomic E-state index is -0.520. The quantitative estimate of drug-likeness (QED) is 0.211. The number of nitrogens with zero attached hydrogens (tertiary/aromatic N) is 2. The fourth-order valence-electron chi connectivity index (χ4n) is 6.12. The van der Waals surface area contributed by atoms with Gasteiger partial charge in [-0.2, -0.15) is 0 Å². The Kier molecular flexibility index (Phi) is 4.86. The van der Waals surface area contributed by atoms with Crippen LogP contribution in [-0.4, -0.2) is 36.4 Å². The molecule has 2 heterocycles. The number of allylic oxidation sites excluding steroid dienone is 4. The third-order valence-corrected chi connectivity index (χ3v) is 7.70. The number of nitro groups is 1. The predicted octanol–water partition coefficient (Wildman–Crippen LogP) is 4.79. The van der Waals surface area contributed by atoms with Crippen molar-refractivity contribution in [3.63, 3.8) is 0 Å². The van der Waals surface area contributed by atoms with Gasteiger partial charge in [0.15, 0.2) is 12.4 Å². The molecule has 34 heavy (non-hydrogen) atoms. The molecule has 7 nitrogen and oxygen atoms in total. The van der Waals surface area contributed by atoms with E-state index in [-0.39, 0.29) is 17.2 Å². The minimum absolute atomic E-state index is 0.0928. The van der Waals surface area contributed by atoms with Gasteiger partial charge in [-0.05, 0) is 54.0 Å². The van der Waals surface area contributed by atoms with Gasteiger partial charge < -0.3 is 9.64 Å². The SMILES string of the molecule is O=C(COC(=O)c1ccc2c3c1[C@H]1C=CC[C@@H]1CN3C[C@@H]1CC=C[C@@H]21)c1ccc([N+](=O)[O-])cc1. The molecule has 0 unspecified atom stereocenters. The first kappa shape index (κ1) is 20.8. The molecule has 0 saturated carbocycles. The van der Waals surface area contributed by atoms with E-state index in [4.69, 9.17) is 4.74 Å². The number of esters is 1. The highest BCUT2D eigenvalue weighted by Gasteiger charge is 2.44. The molecule has 0 spiro atoms. The van der Waals surface area contributed by atoms with Crippen molar-refractivity contribution in [1.82, 2.24) is 0 Å². The number of fused-ring (bicyclic) bond motifs is 4. The largest absolute Gasteiger partial charge is 0.454 e. The molecule has 0 N–H and O–H groups in total. The van der Waals surface area contributed by atoms with Crippen molar-refractivity contribution in [3.05, 3.63) is 93.1 Å².